The summed E-state index contributed by atoms with van der Waals surface area (Å²) in [4.78, 5) is 10.8. The number of benzene rings is 2. The Morgan fingerprint density at radius 1 is 1.09 bits per heavy atom. The zero-order valence-corrected chi connectivity index (χ0v) is 19.0. The summed E-state index contributed by atoms with van der Waals surface area (Å²) in [5, 5.41) is 3.03. The molecule has 0 unspecified atom stereocenters. The van der Waals surface area contributed by atoms with Crippen molar-refractivity contribution in [3.8, 4) is 17.0 Å². The van der Waals surface area contributed by atoms with Crippen molar-refractivity contribution in [3.05, 3.63) is 60.5 Å². The van der Waals surface area contributed by atoms with Crippen LogP contribution in [0.25, 0.3) is 11.3 Å². The first-order chi connectivity index (χ1) is 15.3. The number of nitrogens with zero attached hydrogens (tertiary/aromatic N) is 3. The van der Waals surface area contributed by atoms with E-state index in [0.717, 1.165) is 13.0 Å². The molecular formula is C22H26FN5O3S. The topological polar surface area (TPSA) is 96.4 Å². The molecule has 0 saturated carbocycles. The quantitative estimate of drug-likeness (QED) is 0.449. The summed E-state index contributed by atoms with van der Waals surface area (Å²) in [5.41, 5.74) is 1.73. The standard InChI is InChI=1S/C22H26FN5O3S/c1-28(2)14-4-12-25-32(29,30)18-8-6-17(7-9-18)26-22-24-13-11-20(27-22)16-5-10-21(31-3)19(23)15-16/h5-11,13,15,25H,4,12,14H2,1-3H3,(H,24,26,27). The number of anilines is 2. The summed E-state index contributed by atoms with van der Waals surface area (Å²) in [6.07, 6.45) is 2.28. The molecule has 8 nitrogen and oxygen atoms in total. The molecule has 0 bridgehead atoms. The molecular weight excluding hydrogens is 433 g/mol. The van der Waals surface area contributed by atoms with Crippen molar-refractivity contribution in [2.75, 3.05) is 39.6 Å². The van der Waals surface area contributed by atoms with E-state index in [4.69, 9.17) is 4.74 Å². The maximum Gasteiger partial charge on any atom is 0.240 e. The lowest BCUT2D eigenvalue weighted by molar-refractivity contribution is 0.386. The molecule has 2 N–H and O–H groups in total. The second kappa shape index (κ2) is 10.5. The number of methoxy groups -OCH3 is 1. The van der Waals surface area contributed by atoms with Crippen molar-refractivity contribution in [3.63, 3.8) is 0 Å². The molecule has 0 atom stereocenters. The van der Waals surface area contributed by atoms with Crippen molar-refractivity contribution in [1.29, 1.82) is 0 Å². The Morgan fingerprint density at radius 2 is 1.84 bits per heavy atom. The average Bonchev–Trinajstić information content (AvgIpc) is 2.77. The highest BCUT2D eigenvalue weighted by atomic mass is 32.2. The normalized spacial score (nSPS) is 11.5. The lowest BCUT2D eigenvalue weighted by Gasteiger charge is -2.11. The molecule has 0 aliphatic heterocycles. The average molecular weight is 460 g/mol. The van der Waals surface area contributed by atoms with Crippen molar-refractivity contribution >= 4 is 21.7 Å². The Hall–Kier alpha value is -3.08. The predicted molar refractivity (Wildman–Crippen MR) is 122 cm³/mol. The number of nitrogens with one attached hydrogen (secondary N) is 2. The molecule has 170 valence electrons. The molecule has 10 heteroatoms. The number of aromatic nitrogens is 2. The van der Waals surface area contributed by atoms with Crippen LogP contribution in [0.2, 0.25) is 0 Å². The first-order valence-corrected chi connectivity index (χ1v) is 11.5. The summed E-state index contributed by atoms with van der Waals surface area (Å²) in [5.74, 6) is -0.0234. The van der Waals surface area contributed by atoms with E-state index in [1.165, 1.54) is 31.4 Å². The van der Waals surface area contributed by atoms with E-state index in [1.54, 1.807) is 30.5 Å². The minimum Gasteiger partial charge on any atom is -0.494 e. The van der Waals surface area contributed by atoms with Crippen LogP contribution in [0.4, 0.5) is 16.0 Å². The van der Waals surface area contributed by atoms with E-state index >= 15 is 0 Å². The van der Waals surface area contributed by atoms with Gasteiger partial charge in [-0.1, -0.05) is 0 Å². The maximum absolute atomic E-state index is 14.0. The zero-order chi connectivity index (χ0) is 23.1. The van der Waals surface area contributed by atoms with Crippen LogP contribution < -0.4 is 14.8 Å². The third-order valence-corrected chi connectivity index (χ3v) is 6.08. The third-order valence-electron chi connectivity index (χ3n) is 4.60. The molecule has 0 radical (unpaired) electrons. The van der Waals surface area contributed by atoms with Crippen LogP contribution in [0.1, 0.15) is 6.42 Å². The fourth-order valence-electron chi connectivity index (χ4n) is 2.94. The van der Waals surface area contributed by atoms with Gasteiger partial charge >= 0.3 is 0 Å². The van der Waals surface area contributed by atoms with Gasteiger partial charge in [-0.3, -0.25) is 0 Å². The smallest absolute Gasteiger partial charge is 0.240 e. The fraction of sp³-hybridized carbons (Fsp3) is 0.273. The van der Waals surface area contributed by atoms with E-state index in [2.05, 4.69) is 20.0 Å². The number of halogens is 1. The number of hydrogen-bond donors (Lipinski definition) is 2. The number of ether oxygens (including phenoxy) is 1. The monoisotopic (exact) mass is 459 g/mol. The molecule has 2 aromatic carbocycles. The van der Waals surface area contributed by atoms with Gasteiger partial charge in [-0.15, -0.1) is 0 Å². The molecule has 3 aromatic rings. The van der Waals surface area contributed by atoms with Crippen LogP contribution in [0.15, 0.2) is 59.6 Å². The molecule has 3 rings (SSSR count). The summed E-state index contributed by atoms with van der Waals surface area (Å²) < 4.78 is 46.4. The van der Waals surface area contributed by atoms with Crippen LogP contribution in [0.5, 0.6) is 5.75 Å². The molecule has 32 heavy (non-hydrogen) atoms. The summed E-state index contributed by atoms with van der Waals surface area (Å²) in [7, 11) is 1.71. The molecule has 0 spiro atoms. The number of sulfonamides is 1. The van der Waals surface area contributed by atoms with Gasteiger partial charge in [-0.25, -0.2) is 27.5 Å². The molecule has 0 saturated heterocycles. The Labute approximate surface area is 187 Å². The second-order valence-electron chi connectivity index (χ2n) is 7.32. The molecule has 1 heterocycles. The van der Waals surface area contributed by atoms with Gasteiger partial charge in [0.2, 0.25) is 16.0 Å². The fourth-order valence-corrected chi connectivity index (χ4v) is 4.01. The first-order valence-electron chi connectivity index (χ1n) is 9.97. The van der Waals surface area contributed by atoms with Gasteiger partial charge < -0.3 is 15.0 Å². The Balaban J connectivity index is 1.68. The van der Waals surface area contributed by atoms with Crippen molar-refractivity contribution in [1.82, 2.24) is 19.6 Å². The minimum atomic E-state index is -3.57. The van der Waals surface area contributed by atoms with Crippen LogP contribution in [-0.2, 0) is 10.0 Å². The van der Waals surface area contributed by atoms with E-state index in [1.807, 2.05) is 19.0 Å². The van der Waals surface area contributed by atoms with Crippen molar-refractivity contribution in [2.45, 2.75) is 11.3 Å². The van der Waals surface area contributed by atoms with Crippen molar-refractivity contribution < 1.29 is 17.5 Å². The van der Waals surface area contributed by atoms with Gasteiger partial charge in [0.15, 0.2) is 11.6 Å². The van der Waals surface area contributed by atoms with Gasteiger partial charge in [-0.2, -0.15) is 0 Å². The van der Waals surface area contributed by atoms with Crippen LogP contribution in [0.3, 0.4) is 0 Å². The Morgan fingerprint density at radius 3 is 2.50 bits per heavy atom. The largest absolute Gasteiger partial charge is 0.494 e. The van der Waals surface area contributed by atoms with Crippen LogP contribution >= 0.6 is 0 Å². The highest BCUT2D eigenvalue weighted by molar-refractivity contribution is 7.89. The predicted octanol–water partition coefficient (Wildman–Crippen LogP) is 3.26. The van der Waals surface area contributed by atoms with Crippen LogP contribution in [0, 0.1) is 5.82 Å². The Kier molecular flexibility index (Phi) is 7.73. The van der Waals surface area contributed by atoms with E-state index in [0.29, 0.717) is 29.4 Å². The molecule has 0 fully saturated rings. The number of hydrogen-bond acceptors (Lipinski definition) is 7. The van der Waals surface area contributed by atoms with Gasteiger partial charge in [0.05, 0.1) is 17.7 Å². The summed E-state index contributed by atoms with van der Waals surface area (Å²) >= 11 is 0. The third kappa shape index (κ3) is 6.22. The van der Waals surface area contributed by atoms with E-state index in [-0.39, 0.29) is 10.6 Å². The highest BCUT2D eigenvalue weighted by Gasteiger charge is 2.13. The highest BCUT2D eigenvalue weighted by Crippen LogP contribution is 2.25. The Bertz CT molecular complexity index is 1150. The lowest BCUT2D eigenvalue weighted by Crippen LogP contribution is -2.27. The van der Waals surface area contributed by atoms with Crippen molar-refractivity contribution in [2.24, 2.45) is 0 Å². The van der Waals surface area contributed by atoms with E-state index in [9.17, 15) is 12.8 Å². The number of rotatable bonds is 10. The first kappa shape index (κ1) is 23.6. The van der Waals surface area contributed by atoms with Gasteiger partial charge in [0, 0.05) is 24.0 Å². The lowest BCUT2D eigenvalue weighted by atomic mass is 10.1. The van der Waals surface area contributed by atoms with Gasteiger partial charge in [0.1, 0.15) is 0 Å². The molecule has 1 aromatic heterocycles. The molecule has 0 aliphatic rings. The molecule has 0 amide bonds. The summed E-state index contributed by atoms with van der Waals surface area (Å²) in [6.45, 7) is 1.17. The molecule has 0 aliphatic carbocycles. The van der Waals surface area contributed by atoms with E-state index < -0.39 is 15.8 Å². The second-order valence-corrected chi connectivity index (χ2v) is 9.09. The van der Waals surface area contributed by atoms with Gasteiger partial charge in [0.25, 0.3) is 0 Å². The van der Waals surface area contributed by atoms with Crippen LogP contribution in [-0.4, -0.2) is 57.6 Å². The summed E-state index contributed by atoms with van der Waals surface area (Å²) in [6, 6.07) is 12.6. The SMILES string of the molecule is COc1ccc(-c2ccnc(Nc3ccc(S(=O)(=O)NCCCN(C)C)cc3)n2)cc1F. The minimum absolute atomic E-state index is 0.156. The van der Waals surface area contributed by atoms with Gasteiger partial charge in [-0.05, 0) is 75.6 Å². The maximum atomic E-state index is 14.0. The zero-order valence-electron chi connectivity index (χ0n) is 18.2.